The van der Waals surface area contributed by atoms with Crippen LogP contribution in [0.25, 0.3) is 0 Å². The van der Waals surface area contributed by atoms with Crippen molar-refractivity contribution in [2.45, 2.75) is 25.5 Å². The van der Waals surface area contributed by atoms with Crippen molar-refractivity contribution in [2.24, 2.45) is 11.8 Å². The minimum absolute atomic E-state index is 0. The summed E-state index contributed by atoms with van der Waals surface area (Å²) in [6.07, 6.45) is 0.144. The third-order valence-corrected chi connectivity index (χ3v) is 5.06. The van der Waals surface area contributed by atoms with Crippen LogP contribution in [0.4, 0.5) is 0 Å². The van der Waals surface area contributed by atoms with Crippen molar-refractivity contribution in [3.05, 3.63) is 10.6 Å². The fourth-order valence-corrected chi connectivity index (χ4v) is 4.52. The average Bonchev–Trinajstić information content (AvgIpc) is 2.75. The normalized spacial score (nSPS) is 34.7. The first-order valence-corrected chi connectivity index (χ1v) is 6.62. The van der Waals surface area contributed by atoms with E-state index in [1.807, 2.05) is 0 Å². The summed E-state index contributed by atoms with van der Waals surface area (Å²) in [5, 5.41) is 20.7. The van der Waals surface area contributed by atoms with Crippen LogP contribution in [0.1, 0.15) is 13.3 Å². The van der Waals surface area contributed by atoms with Gasteiger partial charge < -0.3 is 19.9 Å². The summed E-state index contributed by atoms with van der Waals surface area (Å²) in [7, 11) is 0. The van der Waals surface area contributed by atoms with Crippen LogP contribution in [-0.2, 0) is 9.59 Å². The molecule has 0 aromatic rings. The molecule has 0 radical (unpaired) electrons. The Hall–Kier alpha value is 0.626. The Balaban J connectivity index is 0.00000120. The number of hydrogen-bond acceptors (Lipinski definition) is 5. The van der Waals surface area contributed by atoms with E-state index in [1.165, 1.54) is 16.7 Å². The summed E-state index contributed by atoms with van der Waals surface area (Å²) in [5.41, 5.74) is 0.0457. The van der Waals surface area contributed by atoms with Crippen LogP contribution >= 0.6 is 11.8 Å². The first kappa shape index (κ1) is 15.0. The SMILES string of the molecule is C[C@@H](O)[C@H]1C(=O)N2C(C(=O)[O-])=C3SCC[C@H]3[C@H]12.[K+]. The summed E-state index contributed by atoms with van der Waals surface area (Å²) in [6, 6.07) is -0.166. The van der Waals surface area contributed by atoms with Crippen molar-refractivity contribution >= 4 is 23.6 Å². The molecule has 0 bridgehead atoms. The van der Waals surface area contributed by atoms with Gasteiger partial charge in [0.1, 0.15) is 0 Å². The Bertz CT molecular complexity index is 450. The average molecular weight is 293 g/mol. The molecule has 7 heteroatoms. The largest absolute Gasteiger partial charge is 1.00 e. The summed E-state index contributed by atoms with van der Waals surface area (Å²) in [4.78, 5) is 25.1. The van der Waals surface area contributed by atoms with E-state index in [-0.39, 0.29) is 74.9 Å². The number of carbonyl (C=O) groups is 2. The van der Waals surface area contributed by atoms with E-state index in [2.05, 4.69) is 0 Å². The quantitative estimate of drug-likeness (QED) is 0.414. The molecule has 3 aliphatic rings. The van der Waals surface area contributed by atoms with Crippen LogP contribution < -0.4 is 56.5 Å². The molecule has 2 fully saturated rings. The van der Waals surface area contributed by atoms with Crippen LogP contribution in [0.2, 0.25) is 0 Å². The fourth-order valence-electron chi connectivity index (χ4n) is 3.13. The number of thioether (sulfide) groups is 1. The van der Waals surface area contributed by atoms with Crippen molar-refractivity contribution in [3.8, 4) is 0 Å². The van der Waals surface area contributed by atoms with Crippen molar-refractivity contribution in [2.75, 3.05) is 5.75 Å². The second-order valence-corrected chi connectivity index (χ2v) is 5.85. The standard InChI is InChI=1S/C11H13NO4S.K/c1-4(13)6-7-5-2-3-17-9(5)8(11(15)16)12(7)10(6)14;/h4-7,13H,2-3H2,1H3,(H,15,16);/q;+1/p-1/t4-,5+,6-,7-;/m1./s1. The molecular weight excluding hydrogens is 281 g/mol. The molecule has 0 unspecified atom stereocenters. The molecule has 4 atom stereocenters. The number of fused-ring (bicyclic) bond motifs is 3. The van der Waals surface area contributed by atoms with E-state index in [9.17, 15) is 19.8 Å². The molecule has 5 nitrogen and oxygen atoms in total. The molecule has 2 saturated heterocycles. The van der Waals surface area contributed by atoms with Crippen LogP contribution in [0.15, 0.2) is 10.6 Å². The van der Waals surface area contributed by atoms with E-state index in [0.717, 1.165) is 17.1 Å². The van der Waals surface area contributed by atoms with E-state index in [4.69, 9.17) is 0 Å². The number of carboxylic acid groups (broad SMARTS) is 1. The smallest absolute Gasteiger partial charge is 0.543 e. The van der Waals surface area contributed by atoms with Gasteiger partial charge in [0.15, 0.2) is 0 Å². The number of aliphatic hydroxyl groups is 1. The molecular formula is C11H12KNO4S. The molecule has 3 aliphatic heterocycles. The van der Waals surface area contributed by atoms with Gasteiger partial charge in [0.2, 0.25) is 5.91 Å². The van der Waals surface area contributed by atoms with E-state index in [0.29, 0.717) is 0 Å². The maximum Gasteiger partial charge on any atom is 1.00 e. The maximum absolute atomic E-state index is 11.9. The van der Waals surface area contributed by atoms with Crippen LogP contribution in [0.5, 0.6) is 0 Å². The number of β-lactam (4-membered cyclic amide) rings is 1. The predicted octanol–water partition coefficient (Wildman–Crippen LogP) is -4.07. The minimum Gasteiger partial charge on any atom is -0.543 e. The molecule has 1 N–H and O–H groups in total. The Kier molecular flexibility index (Phi) is 4.34. The number of hydrogen-bond donors (Lipinski definition) is 1. The van der Waals surface area contributed by atoms with Gasteiger partial charge in [-0.25, -0.2) is 0 Å². The zero-order valence-electron chi connectivity index (χ0n) is 10.3. The Morgan fingerprint density at radius 3 is 2.83 bits per heavy atom. The first-order valence-electron chi connectivity index (χ1n) is 5.63. The van der Waals surface area contributed by atoms with Gasteiger partial charge in [-0.3, -0.25) is 4.79 Å². The molecule has 0 spiro atoms. The maximum atomic E-state index is 11.9. The Labute approximate surface area is 151 Å². The van der Waals surface area contributed by atoms with Gasteiger partial charge >= 0.3 is 51.4 Å². The van der Waals surface area contributed by atoms with Crippen LogP contribution in [0.3, 0.4) is 0 Å². The molecule has 92 valence electrons. The Morgan fingerprint density at radius 1 is 1.61 bits per heavy atom. The van der Waals surface area contributed by atoms with E-state index < -0.39 is 18.0 Å². The number of aliphatic hydroxyl groups excluding tert-OH is 1. The van der Waals surface area contributed by atoms with Crippen molar-refractivity contribution in [1.29, 1.82) is 0 Å². The Morgan fingerprint density at radius 2 is 2.28 bits per heavy atom. The monoisotopic (exact) mass is 293 g/mol. The molecule has 0 aromatic carbocycles. The number of carboxylic acids is 1. The first-order chi connectivity index (χ1) is 8.04. The summed E-state index contributed by atoms with van der Waals surface area (Å²) < 4.78 is 0. The van der Waals surface area contributed by atoms with Gasteiger partial charge in [0.05, 0.1) is 29.7 Å². The van der Waals surface area contributed by atoms with Gasteiger partial charge in [0.25, 0.3) is 0 Å². The van der Waals surface area contributed by atoms with Crippen molar-refractivity contribution < 1.29 is 71.2 Å². The zero-order chi connectivity index (χ0) is 12.3. The van der Waals surface area contributed by atoms with Crippen LogP contribution in [-0.4, -0.2) is 39.8 Å². The van der Waals surface area contributed by atoms with Gasteiger partial charge in [0, 0.05) is 10.8 Å². The van der Waals surface area contributed by atoms with Gasteiger partial charge in [-0.05, 0) is 19.1 Å². The minimum atomic E-state index is -1.28. The van der Waals surface area contributed by atoms with Crippen molar-refractivity contribution in [3.63, 3.8) is 0 Å². The number of aliphatic carboxylic acids is 1. The number of nitrogens with zero attached hydrogens (tertiary/aromatic N) is 1. The van der Waals surface area contributed by atoms with Gasteiger partial charge in [-0.15, -0.1) is 11.8 Å². The zero-order valence-corrected chi connectivity index (χ0v) is 14.2. The second kappa shape index (κ2) is 5.19. The van der Waals surface area contributed by atoms with E-state index in [1.54, 1.807) is 6.92 Å². The number of carbonyl (C=O) groups excluding carboxylic acids is 2. The molecule has 1 amide bonds. The van der Waals surface area contributed by atoms with E-state index >= 15 is 0 Å². The third kappa shape index (κ3) is 1.87. The molecule has 0 aromatic heterocycles. The predicted molar refractivity (Wildman–Crippen MR) is 58.4 cm³/mol. The summed E-state index contributed by atoms with van der Waals surface area (Å²) >= 11 is 1.50. The molecule has 3 heterocycles. The molecule has 0 aliphatic carbocycles. The molecule has 18 heavy (non-hydrogen) atoms. The number of rotatable bonds is 2. The molecule has 3 rings (SSSR count). The summed E-state index contributed by atoms with van der Waals surface area (Å²) in [5.74, 6) is -1.05. The van der Waals surface area contributed by atoms with Gasteiger partial charge in [-0.2, -0.15) is 0 Å². The van der Waals surface area contributed by atoms with Crippen LogP contribution in [0, 0.1) is 11.8 Å². The van der Waals surface area contributed by atoms with Crippen molar-refractivity contribution in [1.82, 2.24) is 4.90 Å². The topological polar surface area (TPSA) is 80.7 Å². The third-order valence-electron chi connectivity index (χ3n) is 3.81. The number of amides is 1. The molecule has 0 saturated carbocycles. The van der Waals surface area contributed by atoms with Gasteiger partial charge in [-0.1, -0.05) is 0 Å². The second-order valence-electron chi connectivity index (χ2n) is 4.71. The fraction of sp³-hybridized carbons (Fsp3) is 0.636. The summed E-state index contributed by atoms with van der Waals surface area (Å²) in [6.45, 7) is 1.58.